The van der Waals surface area contributed by atoms with Gasteiger partial charge < -0.3 is 4.98 Å². The van der Waals surface area contributed by atoms with Crippen LogP contribution < -0.4 is 5.56 Å². The average Bonchev–Trinajstić information content (AvgIpc) is 2.61. The summed E-state index contributed by atoms with van der Waals surface area (Å²) in [4.78, 5) is 20.2. The average molecular weight is 360 g/mol. The number of nitrogens with zero attached hydrogens (tertiary/aromatic N) is 2. The molecule has 0 spiro atoms. The van der Waals surface area contributed by atoms with Gasteiger partial charge in [0.15, 0.2) is 5.16 Å². The van der Waals surface area contributed by atoms with Gasteiger partial charge in [-0.2, -0.15) is 5.26 Å². The number of benzene rings is 1. The molecule has 0 amide bonds. The molecular weight excluding hydrogens is 338 g/mol. The Morgan fingerprint density at radius 3 is 2.83 bits per heavy atom. The van der Waals surface area contributed by atoms with E-state index in [2.05, 4.69) is 23.0 Å². The van der Waals surface area contributed by atoms with Crippen molar-refractivity contribution in [3.63, 3.8) is 0 Å². The molecule has 1 N–H and O–H groups in total. The maximum Gasteiger partial charge on any atom is 0.270 e. The highest BCUT2D eigenvalue weighted by Gasteiger charge is 2.13. The first-order chi connectivity index (χ1) is 11.7. The molecule has 1 aromatic heterocycles. The third-order valence-electron chi connectivity index (χ3n) is 3.58. The summed E-state index contributed by atoms with van der Waals surface area (Å²) in [5.74, 6) is 1.08. The first kappa shape index (κ1) is 18.6. The van der Waals surface area contributed by atoms with Crippen LogP contribution in [0.4, 0.5) is 0 Å². The highest BCUT2D eigenvalue weighted by atomic mass is 32.2. The van der Waals surface area contributed by atoms with Crippen molar-refractivity contribution in [3.05, 3.63) is 40.2 Å². The van der Waals surface area contributed by atoms with Gasteiger partial charge in [-0.25, -0.2) is 4.98 Å². The summed E-state index contributed by atoms with van der Waals surface area (Å²) in [6.07, 6.45) is 6.82. The van der Waals surface area contributed by atoms with Gasteiger partial charge >= 0.3 is 0 Å². The fourth-order valence-corrected chi connectivity index (χ4v) is 3.66. The Labute approximate surface area is 151 Å². The van der Waals surface area contributed by atoms with Crippen LogP contribution >= 0.6 is 23.5 Å². The Bertz CT molecular complexity index is 781. The molecule has 0 aliphatic heterocycles. The van der Waals surface area contributed by atoms with Gasteiger partial charge in [0.1, 0.15) is 11.6 Å². The summed E-state index contributed by atoms with van der Waals surface area (Å²) in [7, 11) is 0. The van der Waals surface area contributed by atoms with E-state index in [0.29, 0.717) is 10.9 Å². The van der Waals surface area contributed by atoms with Crippen LogP contribution in [0.25, 0.3) is 11.3 Å². The maximum atomic E-state index is 12.0. The molecule has 2 rings (SSSR count). The molecule has 1 heterocycles. The van der Waals surface area contributed by atoms with Gasteiger partial charge in [-0.3, -0.25) is 4.79 Å². The monoisotopic (exact) mass is 359 g/mol. The third kappa shape index (κ3) is 4.89. The fourth-order valence-electron chi connectivity index (χ4n) is 2.31. The van der Waals surface area contributed by atoms with Crippen LogP contribution in [0.15, 0.2) is 39.1 Å². The minimum Gasteiger partial charge on any atom is -0.300 e. The molecule has 4 nitrogen and oxygen atoms in total. The van der Waals surface area contributed by atoms with E-state index in [1.54, 1.807) is 11.8 Å². The molecule has 126 valence electrons. The summed E-state index contributed by atoms with van der Waals surface area (Å²) in [5, 5.41) is 9.82. The van der Waals surface area contributed by atoms with Crippen LogP contribution in [0, 0.1) is 11.3 Å². The largest absolute Gasteiger partial charge is 0.300 e. The van der Waals surface area contributed by atoms with Gasteiger partial charge in [-0.1, -0.05) is 50.1 Å². The quantitative estimate of drug-likeness (QED) is 0.420. The van der Waals surface area contributed by atoms with E-state index in [9.17, 15) is 10.1 Å². The third-order valence-corrected chi connectivity index (χ3v) is 5.24. The second-order valence-electron chi connectivity index (χ2n) is 5.35. The predicted octanol–water partition coefficient (Wildman–Crippen LogP) is 4.70. The number of nitriles is 1. The molecule has 0 radical (unpaired) electrons. The minimum absolute atomic E-state index is 0.0675. The van der Waals surface area contributed by atoms with Crippen molar-refractivity contribution in [2.75, 3.05) is 12.0 Å². The van der Waals surface area contributed by atoms with Crippen molar-refractivity contribution in [2.45, 2.75) is 42.7 Å². The Kier molecular flexibility index (Phi) is 7.41. The highest BCUT2D eigenvalue weighted by Crippen LogP contribution is 2.27. The molecule has 0 aliphatic carbocycles. The van der Waals surface area contributed by atoms with Crippen LogP contribution in [0.5, 0.6) is 0 Å². The van der Waals surface area contributed by atoms with E-state index in [-0.39, 0.29) is 11.1 Å². The van der Waals surface area contributed by atoms with Crippen LogP contribution in [-0.2, 0) is 0 Å². The van der Waals surface area contributed by atoms with Crippen LogP contribution in [-0.4, -0.2) is 22.0 Å². The highest BCUT2D eigenvalue weighted by molar-refractivity contribution is 7.99. The van der Waals surface area contributed by atoms with E-state index < -0.39 is 0 Å². The Balaban J connectivity index is 2.24. The second kappa shape index (κ2) is 9.55. The molecule has 24 heavy (non-hydrogen) atoms. The smallest absolute Gasteiger partial charge is 0.270 e. The molecule has 0 aliphatic rings. The van der Waals surface area contributed by atoms with Crippen molar-refractivity contribution >= 4 is 23.5 Å². The number of thioether (sulfide) groups is 2. The van der Waals surface area contributed by atoms with Crippen LogP contribution in [0.1, 0.15) is 38.2 Å². The second-order valence-corrected chi connectivity index (χ2v) is 7.31. The first-order valence-electron chi connectivity index (χ1n) is 8.01. The molecule has 0 saturated carbocycles. The van der Waals surface area contributed by atoms with Crippen molar-refractivity contribution < 1.29 is 0 Å². The number of rotatable bonds is 8. The van der Waals surface area contributed by atoms with Gasteiger partial charge in [-0.15, -0.1) is 11.8 Å². The van der Waals surface area contributed by atoms with E-state index in [1.165, 1.54) is 37.4 Å². The molecule has 0 fully saturated rings. The topological polar surface area (TPSA) is 69.5 Å². The SMILES string of the molecule is CCCCCCSc1cccc(-c2nc(SC)[nH]c(=O)c2C#N)c1. The maximum absolute atomic E-state index is 12.0. The first-order valence-corrected chi connectivity index (χ1v) is 10.2. The van der Waals surface area contributed by atoms with E-state index in [1.807, 2.05) is 30.5 Å². The summed E-state index contributed by atoms with van der Waals surface area (Å²) in [5.41, 5.74) is 0.952. The molecule has 0 unspecified atom stereocenters. The van der Waals surface area contributed by atoms with E-state index >= 15 is 0 Å². The van der Waals surface area contributed by atoms with Crippen molar-refractivity contribution in [1.82, 2.24) is 9.97 Å². The Hall–Kier alpha value is -1.71. The number of unbranched alkanes of at least 4 members (excludes halogenated alkanes) is 3. The van der Waals surface area contributed by atoms with Gasteiger partial charge in [0.2, 0.25) is 0 Å². The summed E-state index contributed by atoms with van der Waals surface area (Å²) < 4.78 is 0. The molecule has 0 saturated heterocycles. The number of hydrogen-bond donors (Lipinski definition) is 1. The van der Waals surface area contributed by atoms with Crippen molar-refractivity contribution in [1.29, 1.82) is 5.26 Å². The van der Waals surface area contributed by atoms with E-state index in [4.69, 9.17) is 0 Å². The zero-order valence-electron chi connectivity index (χ0n) is 14.0. The predicted molar refractivity (Wildman–Crippen MR) is 102 cm³/mol. The zero-order valence-corrected chi connectivity index (χ0v) is 15.6. The number of aromatic nitrogens is 2. The summed E-state index contributed by atoms with van der Waals surface area (Å²) >= 11 is 3.16. The lowest BCUT2D eigenvalue weighted by Gasteiger charge is -2.07. The van der Waals surface area contributed by atoms with Crippen molar-refractivity contribution in [2.24, 2.45) is 0 Å². The molecule has 0 bridgehead atoms. The van der Waals surface area contributed by atoms with Crippen molar-refractivity contribution in [3.8, 4) is 17.3 Å². The lowest BCUT2D eigenvalue weighted by molar-refractivity contribution is 0.706. The lowest BCUT2D eigenvalue weighted by Crippen LogP contribution is -2.14. The van der Waals surface area contributed by atoms with Gasteiger partial charge in [0.05, 0.1) is 5.69 Å². The van der Waals surface area contributed by atoms with Gasteiger partial charge in [0.25, 0.3) is 5.56 Å². The Morgan fingerprint density at radius 1 is 1.29 bits per heavy atom. The van der Waals surface area contributed by atoms with Crippen LogP contribution in [0.3, 0.4) is 0 Å². The summed E-state index contributed by atoms with van der Waals surface area (Å²) in [6.45, 7) is 2.21. The van der Waals surface area contributed by atoms with E-state index in [0.717, 1.165) is 16.2 Å². The molecule has 1 aromatic carbocycles. The summed E-state index contributed by atoms with van der Waals surface area (Å²) in [6, 6.07) is 9.89. The lowest BCUT2D eigenvalue weighted by atomic mass is 10.1. The zero-order chi connectivity index (χ0) is 17.4. The number of aromatic amines is 1. The van der Waals surface area contributed by atoms with Crippen LogP contribution in [0.2, 0.25) is 0 Å². The molecular formula is C18H21N3OS2. The normalized spacial score (nSPS) is 10.5. The molecule has 0 atom stereocenters. The fraction of sp³-hybridized carbons (Fsp3) is 0.389. The number of hydrogen-bond acceptors (Lipinski definition) is 5. The standard InChI is InChI=1S/C18H21N3OS2/c1-3-4-5-6-10-24-14-9-7-8-13(11-14)16-15(12-19)17(22)21-18(20-16)23-2/h7-9,11H,3-6,10H2,1-2H3,(H,20,21,22). The Morgan fingerprint density at radius 2 is 2.12 bits per heavy atom. The number of nitrogens with one attached hydrogen (secondary N) is 1. The molecule has 6 heteroatoms. The number of H-pyrrole nitrogens is 1. The molecule has 2 aromatic rings. The van der Waals surface area contributed by atoms with Gasteiger partial charge in [-0.05, 0) is 30.6 Å². The minimum atomic E-state index is -0.385. The van der Waals surface area contributed by atoms with Gasteiger partial charge in [0, 0.05) is 10.5 Å².